The molecule has 1 atom stereocenters. The summed E-state index contributed by atoms with van der Waals surface area (Å²) in [5.74, 6) is 2.47. The minimum atomic E-state index is 0.434. The highest BCUT2D eigenvalue weighted by Gasteiger charge is 2.18. The number of nitrogens with one attached hydrogen (secondary N) is 1. The summed E-state index contributed by atoms with van der Waals surface area (Å²) >= 11 is 0. The number of aryl methyl sites for hydroxylation is 1. The molecule has 140 valence electrons. The monoisotopic (exact) mass is 362 g/mol. The summed E-state index contributed by atoms with van der Waals surface area (Å²) in [6.45, 7) is 5.83. The fourth-order valence-corrected chi connectivity index (χ4v) is 3.70. The van der Waals surface area contributed by atoms with Gasteiger partial charge in [-0.1, -0.05) is 31.2 Å². The summed E-state index contributed by atoms with van der Waals surface area (Å²) in [6.07, 6.45) is 2.91. The quantitative estimate of drug-likeness (QED) is 0.680. The van der Waals surface area contributed by atoms with Gasteiger partial charge in [-0.3, -0.25) is 0 Å². The predicted molar refractivity (Wildman–Crippen MR) is 107 cm³/mol. The van der Waals surface area contributed by atoms with E-state index in [1.54, 1.807) is 0 Å². The van der Waals surface area contributed by atoms with Gasteiger partial charge in [0.2, 0.25) is 5.89 Å². The zero-order chi connectivity index (χ0) is 18.6. The molecule has 0 aliphatic carbocycles. The van der Waals surface area contributed by atoms with Crippen molar-refractivity contribution in [2.24, 2.45) is 0 Å². The molecule has 0 radical (unpaired) electrons. The van der Waals surface area contributed by atoms with Crippen LogP contribution in [0, 0.1) is 6.92 Å². The molecule has 4 heteroatoms. The van der Waals surface area contributed by atoms with E-state index in [0.29, 0.717) is 18.5 Å². The van der Waals surface area contributed by atoms with Crippen molar-refractivity contribution >= 4 is 0 Å². The molecule has 1 N–H and O–H groups in total. The van der Waals surface area contributed by atoms with Gasteiger partial charge in [-0.2, -0.15) is 0 Å². The summed E-state index contributed by atoms with van der Waals surface area (Å²) in [5, 5.41) is 3.58. The molecule has 0 saturated heterocycles. The van der Waals surface area contributed by atoms with Crippen LogP contribution >= 0.6 is 0 Å². The van der Waals surface area contributed by atoms with Crippen LogP contribution in [0.25, 0.3) is 11.5 Å². The van der Waals surface area contributed by atoms with Crippen LogP contribution in [0.1, 0.15) is 42.0 Å². The lowest BCUT2D eigenvalue weighted by Gasteiger charge is -2.26. The Morgan fingerprint density at radius 3 is 2.85 bits per heavy atom. The molecule has 1 unspecified atom stereocenters. The van der Waals surface area contributed by atoms with E-state index >= 15 is 0 Å². The standard InChI is InChI=1S/C23H26N2O2/c1-3-21-20-15-19(10-9-17(20)11-13-24-21)26-14-12-22-16(2)27-23(25-22)18-7-5-4-6-8-18/h4-10,15,21,24H,3,11-14H2,1-2H3. The van der Waals surface area contributed by atoms with Gasteiger partial charge in [0.25, 0.3) is 0 Å². The molecule has 4 nitrogen and oxygen atoms in total. The Bertz CT molecular complexity index is 902. The van der Waals surface area contributed by atoms with Crippen molar-refractivity contribution < 1.29 is 9.15 Å². The number of benzene rings is 2. The van der Waals surface area contributed by atoms with E-state index in [0.717, 1.165) is 48.6 Å². The normalized spacial score (nSPS) is 16.1. The Morgan fingerprint density at radius 1 is 1.19 bits per heavy atom. The molecule has 2 heterocycles. The van der Waals surface area contributed by atoms with Crippen molar-refractivity contribution in [1.82, 2.24) is 10.3 Å². The number of fused-ring (bicyclic) bond motifs is 1. The summed E-state index contributed by atoms with van der Waals surface area (Å²) in [7, 11) is 0. The Kier molecular flexibility index (Phi) is 5.26. The molecule has 1 aromatic heterocycles. The Morgan fingerprint density at radius 2 is 2.04 bits per heavy atom. The predicted octanol–water partition coefficient (Wildman–Crippen LogP) is 4.87. The van der Waals surface area contributed by atoms with Gasteiger partial charge < -0.3 is 14.5 Å². The first kappa shape index (κ1) is 17.8. The maximum absolute atomic E-state index is 6.03. The Hall–Kier alpha value is -2.59. The van der Waals surface area contributed by atoms with Gasteiger partial charge in [-0.05, 0) is 61.7 Å². The molecule has 2 aromatic carbocycles. The topological polar surface area (TPSA) is 47.3 Å². The number of nitrogens with zero attached hydrogens (tertiary/aromatic N) is 1. The third-order valence-electron chi connectivity index (χ3n) is 5.21. The number of ether oxygens (including phenoxy) is 1. The fourth-order valence-electron chi connectivity index (χ4n) is 3.70. The zero-order valence-electron chi connectivity index (χ0n) is 16.0. The zero-order valence-corrected chi connectivity index (χ0v) is 16.0. The fraction of sp³-hybridized carbons (Fsp3) is 0.348. The number of rotatable bonds is 6. The van der Waals surface area contributed by atoms with Crippen LogP contribution in [0.15, 0.2) is 52.9 Å². The Balaban J connectivity index is 1.41. The van der Waals surface area contributed by atoms with E-state index < -0.39 is 0 Å². The number of aromatic nitrogens is 1. The highest BCUT2D eigenvalue weighted by molar-refractivity contribution is 5.53. The molecular weight excluding hydrogens is 336 g/mol. The van der Waals surface area contributed by atoms with Gasteiger partial charge in [0.05, 0.1) is 12.3 Å². The second-order valence-corrected chi connectivity index (χ2v) is 7.01. The molecule has 1 aliphatic rings. The molecule has 0 bridgehead atoms. The van der Waals surface area contributed by atoms with Crippen molar-refractivity contribution in [2.75, 3.05) is 13.2 Å². The first-order valence-electron chi connectivity index (χ1n) is 9.75. The van der Waals surface area contributed by atoms with Crippen LogP contribution in [-0.4, -0.2) is 18.1 Å². The van der Waals surface area contributed by atoms with Crippen molar-refractivity contribution in [3.05, 3.63) is 71.1 Å². The van der Waals surface area contributed by atoms with Crippen LogP contribution in [-0.2, 0) is 12.8 Å². The van der Waals surface area contributed by atoms with E-state index in [4.69, 9.17) is 9.15 Å². The second-order valence-electron chi connectivity index (χ2n) is 7.01. The third-order valence-corrected chi connectivity index (χ3v) is 5.21. The lowest BCUT2D eigenvalue weighted by Crippen LogP contribution is -2.29. The molecule has 0 saturated carbocycles. The smallest absolute Gasteiger partial charge is 0.226 e. The van der Waals surface area contributed by atoms with Crippen LogP contribution < -0.4 is 10.1 Å². The van der Waals surface area contributed by atoms with Gasteiger partial charge in [-0.15, -0.1) is 0 Å². The van der Waals surface area contributed by atoms with E-state index in [1.165, 1.54) is 11.1 Å². The molecule has 0 spiro atoms. The van der Waals surface area contributed by atoms with Crippen molar-refractivity contribution in [1.29, 1.82) is 0 Å². The van der Waals surface area contributed by atoms with Crippen LogP contribution in [0.5, 0.6) is 5.75 Å². The van der Waals surface area contributed by atoms with Crippen LogP contribution in [0.4, 0.5) is 0 Å². The van der Waals surface area contributed by atoms with E-state index in [2.05, 4.69) is 35.4 Å². The van der Waals surface area contributed by atoms with Crippen LogP contribution in [0.3, 0.4) is 0 Å². The lowest BCUT2D eigenvalue weighted by atomic mass is 9.93. The SMILES string of the molecule is CCC1NCCc2ccc(OCCc3nc(-c4ccccc4)oc3C)cc21. The molecular formula is C23H26N2O2. The molecule has 0 amide bonds. The first-order chi connectivity index (χ1) is 13.2. The number of oxazole rings is 1. The minimum absolute atomic E-state index is 0.434. The average Bonchev–Trinajstić information content (AvgIpc) is 3.09. The number of hydrogen-bond acceptors (Lipinski definition) is 4. The van der Waals surface area contributed by atoms with E-state index in [-0.39, 0.29) is 0 Å². The van der Waals surface area contributed by atoms with Crippen molar-refractivity contribution in [3.8, 4) is 17.2 Å². The van der Waals surface area contributed by atoms with E-state index in [9.17, 15) is 0 Å². The molecule has 27 heavy (non-hydrogen) atoms. The summed E-state index contributed by atoms with van der Waals surface area (Å²) in [4.78, 5) is 4.65. The summed E-state index contributed by atoms with van der Waals surface area (Å²) in [5.41, 5.74) is 4.78. The molecule has 0 fully saturated rings. The first-order valence-corrected chi connectivity index (χ1v) is 9.75. The van der Waals surface area contributed by atoms with Gasteiger partial charge in [0, 0.05) is 18.0 Å². The van der Waals surface area contributed by atoms with Gasteiger partial charge in [0.1, 0.15) is 11.5 Å². The van der Waals surface area contributed by atoms with Gasteiger partial charge in [0.15, 0.2) is 0 Å². The lowest BCUT2D eigenvalue weighted by molar-refractivity contribution is 0.318. The third kappa shape index (κ3) is 3.91. The molecule has 4 rings (SSSR count). The molecule has 1 aliphatic heterocycles. The maximum atomic E-state index is 6.03. The minimum Gasteiger partial charge on any atom is -0.493 e. The average molecular weight is 362 g/mol. The largest absolute Gasteiger partial charge is 0.493 e. The van der Waals surface area contributed by atoms with Crippen LogP contribution in [0.2, 0.25) is 0 Å². The van der Waals surface area contributed by atoms with Gasteiger partial charge >= 0.3 is 0 Å². The van der Waals surface area contributed by atoms with Crippen molar-refractivity contribution in [3.63, 3.8) is 0 Å². The highest BCUT2D eigenvalue weighted by atomic mass is 16.5. The number of hydrogen-bond donors (Lipinski definition) is 1. The van der Waals surface area contributed by atoms with Gasteiger partial charge in [-0.25, -0.2) is 4.98 Å². The highest BCUT2D eigenvalue weighted by Crippen LogP contribution is 2.29. The second kappa shape index (κ2) is 7.97. The Labute approximate surface area is 160 Å². The van der Waals surface area contributed by atoms with Crippen molar-refractivity contribution in [2.45, 2.75) is 39.2 Å². The summed E-state index contributed by atoms with van der Waals surface area (Å²) < 4.78 is 11.9. The summed E-state index contributed by atoms with van der Waals surface area (Å²) in [6, 6.07) is 16.9. The van der Waals surface area contributed by atoms with E-state index in [1.807, 2.05) is 37.3 Å². The molecule has 3 aromatic rings. The maximum Gasteiger partial charge on any atom is 0.226 e.